The van der Waals surface area contributed by atoms with E-state index in [0.717, 1.165) is 25.0 Å². The minimum atomic E-state index is -0.930. The molecule has 1 aromatic heterocycles. The number of pyridine rings is 1. The number of carbonyl (C=O) groups is 1. The number of aromatic nitrogens is 1. The molecule has 1 N–H and O–H groups in total. The molecule has 1 fully saturated rings. The van der Waals surface area contributed by atoms with Crippen LogP contribution in [0.2, 0.25) is 0 Å². The first-order valence-corrected chi connectivity index (χ1v) is 5.03. The van der Waals surface area contributed by atoms with E-state index in [-0.39, 0.29) is 5.56 Å². The average Bonchev–Trinajstić information content (AvgIpc) is 2.30. The van der Waals surface area contributed by atoms with Crippen molar-refractivity contribution in [2.75, 3.05) is 13.2 Å². The molecule has 0 spiro atoms. The summed E-state index contributed by atoms with van der Waals surface area (Å²) in [5.41, 5.74) is 1.22. The first-order valence-electron chi connectivity index (χ1n) is 5.03. The molecular formula is C11H13NO3. The molecule has 1 unspecified atom stereocenters. The Bertz CT molecular complexity index is 359. The van der Waals surface area contributed by atoms with Crippen LogP contribution in [-0.2, 0) is 4.74 Å². The largest absolute Gasteiger partial charge is 0.478 e. The monoisotopic (exact) mass is 207 g/mol. The molecule has 1 saturated heterocycles. The van der Waals surface area contributed by atoms with Gasteiger partial charge in [-0.1, -0.05) is 0 Å². The number of rotatable bonds is 2. The number of hydrogen-bond acceptors (Lipinski definition) is 3. The predicted octanol–water partition coefficient (Wildman–Crippen LogP) is 1.67. The van der Waals surface area contributed by atoms with Gasteiger partial charge in [-0.3, -0.25) is 4.98 Å². The van der Waals surface area contributed by atoms with Gasteiger partial charge in [0.05, 0.1) is 12.2 Å². The Morgan fingerprint density at radius 3 is 3.07 bits per heavy atom. The molecule has 1 aliphatic heterocycles. The van der Waals surface area contributed by atoms with Gasteiger partial charge in [0.25, 0.3) is 0 Å². The Morgan fingerprint density at radius 1 is 1.53 bits per heavy atom. The van der Waals surface area contributed by atoms with Crippen LogP contribution in [0.3, 0.4) is 0 Å². The molecule has 4 nitrogen and oxygen atoms in total. The zero-order valence-corrected chi connectivity index (χ0v) is 8.35. The van der Waals surface area contributed by atoms with Crippen LogP contribution < -0.4 is 0 Å². The van der Waals surface area contributed by atoms with Crippen molar-refractivity contribution in [2.24, 2.45) is 0 Å². The minimum Gasteiger partial charge on any atom is -0.478 e. The summed E-state index contributed by atoms with van der Waals surface area (Å²) in [7, 11) is 0. The first-order chi connectivity index (χ1) is 7.27. The lowest BCUT2D eigenvalue weighted by Gasteiger charge is -2.22. The summed E-state index contributed by atoms with van der Waals surface area (Å²) in [4.78, 5) is 14.7. The highest BCUT2D eigenvalue weighted by molar-refractivity contribution is 5.87. The number of carboxylic acid groups (broad SMARTS) is 1. The second kappa shape index (κ2) is 4.40. The van der Waals surface area contributed by atoms with Crippen LogP contribution in [0.4, 0.5) is 0 Å². The molecule has 15 heavy (non-hydrogen) atoms. The lowest BCUT2D eigenvalue weighted by Crippen LogP contribution is -2.16. The lowest BCUT2D eigenvalue weighted by atomic mass is 9.94. The molecule has 0 radical (unpaired) electrons. The molecule has 1 aliphatic rings. The number of aromatic carboxylic acids is 1. The van der Waals surface area contributed by atoms with Crippen LogP contribution >= 0.6 is 0 Å². The molecular weight excluding hydrogens is 194 g/mol. The predicted molar refractivity (Wildman–Crippen MR) is 54.0 cm³/mol. The Balaban J connectivity index is 2.19. The number of ether oxygens (including phenoxy) is 1. The lowest BCUT2D eigenvalue weighted by molar-refractivity contribution is 0.0694. The van der Waals surface area contributed by atoms with Crippen molar-refractivity contribution in [1.29, 1.82) is 0 Å². The maximum absolute atomic E-state index is 10.8. The number of hydrogen-bond donors (Lipinski definition) is 1. The van der Waals surface area contributed by atoms with Gasteiger partial charge in [-0.15, -0.1) is 0 Å². The van der Waals surface area contributed by atoms with E-state index >= 15 is 0 Å². The Morgan fingerprint density at radius 2 is 2.40 bits per heavy atom. The van der Waals surface area contributed by atoms with E-state index in [4.69, 9.17) is 9.84 Å². The second-order valence-corrected chi connectivity index (χ2v) is 3.73. The molecule has 1 aromatic rings. The van der Waals surface area contributed by atoms with Gasteiger partial charge < -0.3 is 9.84 Å². The third-order valence-electron chi connectivity index (χ3n) is 2.64. The van der Waals surface area contributed by atoms with Gasteiger partial charge >= 0.3 is 5.97 Å². The topological polar surface area (TPSA) is 59.4 Å². The first kappa shape index (κ1) is 10.1. The third kappa shape index (κ3) is 2.33. The minimum absolute atomic E-state index is 0.248. The van der Waals surface area contributed by atoms with Crippen LogP contribution in [0.15, 0.2) is 18.5 Å². The van der Waals surface area contributed by atoms with Crippen molar-refractivity contribution in [3.8, 4) is 0 Å². The second-order valence-electron chi connectivity index (χ2n) is 3.73. The van der Waals surface area contributed by atoms with E-state index in [1.807, 2.05) is 0 Å². The van der Waals surface area contributed by atoms with Gasteiger partial charge in [-0.25, -0.2) is 4.79 Å². The Kier molecular flexibility index (Phi) is 2.97. The SMILES string of the molecule is O=C(O)c1cncc(C2CCCOC2)c1. The molecule has 4 heteroatoms. The van der Waals surface area contributed by atoms with E-state index in [9.17, 15) is 4.79 Å². The zero-order valence-electron chi connectivity index (χ0n) is 8.35. The highest BCUT2D eigenvalue weighted by atomic mass is 16.5. The van der Waals surface area contributed by atoms with Crippen molar-refractivity contribution < 1.29 is 14.6 Å². The summed E-state index contributed by atoms with van der Waals surface area (Å²) in [6.07, 6.45) is 5.17. The fourth-order valence-electron chi connectivity index (χ4n) is 1.80. The zero-order chi connectivity index (χ0) is 10.7. The van der Waals surface area contributed by atoms with Gasteiger partial charge in [0.1, 0.15) is 0 Å². The van der Waals surface area contributed by atoms with Gasteiger partial charge in [-0.2, -0.15) is 0 Å². The average molecular weight is 207 g/mol. The fraction of sp³-hybridized carbons (Fsp3) is 0.455. The van der Waals surface area contributed by atoms with Crippen LogP contribution in [0.25, 0.3) is 0 Å². The summed E-state index contributed by atoms with van der Waals surface area (Å²) in [5, 5.41) is 8.84. The highest BCUT2D eigenvalue weighted by Crippen LogP contribution is 2.25. The highest BCUT2D eigenvalue weighted by Gasteiger charge is 2.17. The Hall–Kier alpha value is -1.42. The van der Waals surface area contributed by atoms with Crippen molar-refractivity contribution in [1.82, 2.24) is 4.98 Å². The maximum Gasteiger partial charge on any atom is 0.337 e. The molecule has 2 rings (SSSR count). The van der Waals surface area contributed by atoms with E-state index in [0.29, 0.717) is 12.5 Å². The molecule has 0 amide bonds. The van der Waals surface area contributed by atoms with Gasteiger partial charge in [0.15, 0.2) is 0 Å². The van der Waals surface area contributed by atoms with E-state index in [1.165, 1.54) is 6.20 Å². The summed E-state index contributed by atoms with van der Waals surface area (Å²) in [5.74, 6) is -0.633. The molecule has 0 aliphatic carbocycles. The van der Waals surface area contributed by atoms with Gasteiger partial charge in [-0.05, 0) is 24.5 Å². The van der Waals surface area contributed by atoms with E-state index < -0.39 is 5.97 Å². The summed E-state index contributed by atoms with van der Waals surface area (Å²) in [6, 6.07) is 1.69. The summed E-state index contributed by atoms with van der Waals surface area (Å²) in [6.45, 7) is 1.48. The normalized spacial score (nSPS) is 21.2. The van der Waals surface area contributed by atoms with Crippen LogP contribution in [-0.4, -0.2) is 29.3 Å². The molecule has 0 saturated carbocycles. The molecule has 0 aromatic carbocycles. The Labute approximate surface area is 87.9 Å². The number of nitrogens with zero attached hydrogens (tertiary/aromatic N) is 1. The van der Waals surface area contributed by atoms with E-state index in [1.54, 1.807) is 12.3 Å². The summed E-state index contributed by atoms with van der Waals surface area (Å²) < 4.78 is 5.36. The standard InChI is InChI=1S/C11H13NO3/c13-11(14)10-4-9(5-12-6-10)8-2-1-3-15-7-8/h4-6,8H,1-3,7H2,(H,13,14). The van der Waals surface area contributed by atoms with Crippen molar-refractivity contribution in [3.05, 3.63) is 29.6 Å². The fourth-order valence-corrected chi connectivity index (χ4v) is 1.80. The van der Waals surface area contributed by atoms with Crippen molar-refractivity contribution >= 4 is 5.97 Å². The summed E-state index contributed by atoms with van der Waals surface area (Å²) >= 11 is 0. The molecule has 2 heterocycles. The third-order valence-corrected chi connectivity index (χ3v) is 2.64. The quantitative estimate of drug-likeness (QED) is 0.801. The van der Waals surface area contributed by atoms with Crippen LogP contribution in [0.5, 0.6) is 0 Å². The molecule has 80 valence electrons. The van der Waals surface area contributed by atoms with Crippen LogP contribution in [0, 0.1) is 0 Å². The maximum atomic E-state index is 10.8. The van der Waals surface area contributed by atoms with Gasteiger partial charge in [0, 0.05) is 24.9 Å². The van der Waals surface area contributed by atoms with Crippen molar-refractivity contribution in [2.45, 2.75) is 18.8 Å². The molecule has 0 bridgehead atoms. The van der Waals surface area contributed by atoms with E-state index in [2.05, 4.69) is 4.98 Å². The van der Waals surface area contributed by atoms with Gasteiger partial charge in [0.2, 0.25) is 0 Å². The number of carboxylic acids is 1. The van der Waals surface area contributed by atoms with Crippen LogP contribution in [0.1, 0.15) is 34.7 Å². The smallest absolute Gasteiger partial charge is 0.337 e. The van der Waals surface area contributed by atoms with Crippen molar-refractivity contribution in [3.63, 3.8) is 0 Å². The molecule has 1 atom stereocenters.